The van der Waals surface area contributed by atoms with Crippen molar-refractivity contribution in [3.05, 3.63) is 247 Å². The number of para-hydroxylation sites is 4. The van der Waals surface area contributed by atoms with Crippen LogP contribution < -0.4 is 14.5 Å². The summed E-state index contributed by atoms with van der Waals surface area (Å²) in [4.78, 5) is 9.15. The second-order valence-corrected chi connectivity index (χ2v) is 25.0. The Morgan fingerprint density at radius 2 is 1.18 bits per heavy atom. The molecule has 2 aliphatic rings. The molecule has 9 aromatic carbocycles. The summed E-state index contributed by atoms with van der Waals surface area (Å²) in [5.41, 5.74) is 13.0. The van der Waals surface area contributed by atoms with Crippen molar-refractivity contribution in [2.75, 3.05) is 9.80 Å². The minimum absolute atomic E-state index is 0. The van der Waals surface area contributed by atoms with Gasteiger partial charge in [0.2, 0.25) is 0 Å². The minimum Gasteiger partial charge on any atom is -0.509 e. The number of fused-ring (bicyclic) bond motifs is 5. The van der Waals surface area contributed by atoms with E-state index in [1.165, 1.54) is 11.1 Å². The van der Waals surface area contributed by atoms with Crippen molar-refractivity contribution in [3.8, 4) is 61.8 Å². The van der Waals surface area contributed by atoms with Gasteiger partial charge in [0.15, 0.2) is 0 Å². The molecular weight excluding hydrogens is 1180 g/mol. The first-order valence-corrected chi connectivity index (χ1v) is 28.0. The summed E-state index contributed by atoms with van der Waals surface area (Å²) in [5.74, 6) is 1.15. The van der Waals surface area contributed by atoms with Crippen LogP contribution >= 0.6 is 0 Å². The third-order valence-corrected chi connectivity index (χ3v) is 16.5. The van der Waals surface area contributed by atoms with Gasteiger partial charge in [-0.2, -0.15) is 12.1 Å². The molecule has 6 heteroatoms. The number of aromatic nitrogens is 2. The molecule has 3 heterocycles. The molecule has 82 heavy (non-hydrogen) atoms. The SMILES string of the molecule is [2H]c1c([2H])c(-c2cccc(-c3ccc4c(c3)C(C)(C)CCC4(C)C)c2N2[CH-]N(c3[c-]c(Oc4[c-]c5c(cc4)c4c([2H])c([2H])c([2H])c([2H])c4n5-c4cc(C(C)(C)C)c(-c5ccccc5)cn4)ccc3)c3ccccc32)c([2H])c([2H])c1-c1cccc(C(C)(C)C)c1.[Pt]. The molecule has 5 nitrogen and oxygen atoms in total. The summed E-state index contributed by atoms with van der Waals surface area (Å²) < 4.78 is 83.6. The topological polar surface area (TPSA) is 33.5 Å². The molecule has 1 aliphatic carbocycles. The van der Waals surface area contributed by atoms with Crippen molar-refractivity contribution in [2.45, 2.75) is 104 Å². The molecule has 0 amide bonds. The average molecular weight is 1260 g/mol. The quantitative estimate of drug-likeness (QED) is 0.135. The van der Waals surface area contributed by atoms with E-state index in [4.69, 9.17) is 12.5 Å². The molecule has 13 rings (SSSR count). The Kier molecular flexibility index (Phi) is 11.6. The van der Waals surface area contributed by atoms with Crippen LogP contribution in [0.3, 0.4) is 0 Å². The van der Waals surface area contributed by atoms with Crippen LogP contribution in [0.15, 0.2) is 206 Å². The summed E-state index contributed by atoms with van der Waals surface area (Å²) >= 11 is 0. The van der Waals surface area contributed by atoms with E-state index in [0.717, 1.165) is 57.6 Å². The third-order valence-electron chi connectivity index (χ3n) is 16.5. The van der Waals surface area contributed by atoms with E-state index in [-0.39, 0.29) is 108 Å². The largest absolute Gasteiger partial charge is 0.509 e. The fourth-order valence-corrected chi connectivity index (χ4v) is 11.9. The van der Waals surface area contributed by atoms with Gasteiger partial charge in [0.1, 0.15) is 5.82 Å². The summed E-state index contributed by atoms with van der Waals surface area (Å²) in [5, 5.41) is 0.909. The molecule has 11 aromatic rings. The normalized spacial score (nSPS) is 16.0. The average Bonchev–Trinajstić information content (AvgIpc) is 1.51. The van der Waals surface area contributed by atoms with E-state index in [1.807, 2.05) is 127 Å². The summed E-state index contributed by atoms with van der Waals surface area (Å²) in [6, 6.07) is 55.3. The van der Waals surface area contributed by atoms with Crippen LogP contribution in [0.25, 0.3) is 72.1 Å². The molecule has 0 radical (unpaired) electrons. The Balaban J connectivity index is 0.00000785. The Morgan fingerprint density at radius 3 is 1.93 bits per heavy atom. The van der Waals surface area contributed by atoms with Crippen LogP contribution in [0.1, 0.15) is 115 Å². The Labute approximate surface area is 510 Å². The molecule has 0 unspecified atom stereocenters. The van der Waals surface area contributed by atoms with Gasteiger partial charge in [-0.15, -0.1) is 48.1 Å². The smallest absolute Gasteiger partial charge is 0.135 e. The van der Waals surface area contributed by atoms with Crippen LogP contribution in [0.4, 0.5) is 22.7 Å². The first-order valence-electron chi connectivity index (χ1n) is 32.0. The maximum absolute atomic E-state index is 9.88. The van der Waals surface area contributed by atoms with E-state index in [0.29, 0.717) is 56.1 Å². The van der Waals surface area contributed by atoms with E-state index in [1.54, 1.807) is 10.6 Å². The standard InChI is InChI=1S/C76H69N4O.Pt/c1-73(2,3)55-24-18-23-53(43-55)50-33-35-52(36-34-50)59-28-20-29-60(54-37-40-64-66(44-54)76(9,10)42-41-75(64,7)8)72(59)79-49-78(68-31-16-17-32-69(68)79)56-25-19-26-57(45-56)81-58-38-39-62-61-27-14-15-30-67(61)80(70(62)46-58)71-47-65(74(4,5)6)63(48-77-71)51-21-12-11-13-22-51;/h11-40,43-44,47-49H,41-42H2,1-10H3;/q-3;/i14D,15D,27D,30D,33D,34D,35D,36D;. The summed E-state index contributed by atoms with van der Waals surface area (Å²) in [6.07, 6.45) is 3.93. The number of hydrogen-bond donors (Lipinski definition) is 0. The van der Waals surface area contributed by atoms with Crippen LogP contribution in [-0.2, 0) is 42.7 Å². The Bertz CT molecular complexity index is 4690. The van der Waals surface area contributed by atoms with Crippen LogP contribution in [0.2, 0.25) is 0 Å². The third kappa shape index (κ3) is 9.85. The van der Waals surface area contributed by atoms with Crippen molar-refractivity contribution >= 4 is 44.6 Å². The molecule has 0 N–H and O–H groups in total. The van der Waals surface area contributed by atoms with Gasteiger partial charge in [0.25, 0.3) is 0 Å². The molecule has 2 aromatic heterocycles. The predicted octanol–water partition coefficient (Wildman–Crippen LogP) is 20.6. The first-order chi connectivity index (χ1) is 42.2. The maximum Gasteiger partial charge on any atom is 0.135 e. The minimum atomic E-state index is -0.352. The van der Waals surface area contributed by atoms with E-state index >= 15 is 0 Å². The molecule has 0 saturated heterocycles. The molecule has 0 atom stereocenters. The van der Waals surface area contributed by atoms with Crippen molar-refractivity contribution in [2.24, 2.45) is 0 Å². The van der Waals surface area contributed by atoms with Gasteiger partial charge >= 0.3 is 0 Å². The monoisotopic (exact) mass is 1260 g/mol. The van der Waals surface area contributed by atoms with Gasteiger partial charge in [-0.05, 0) is 114 Å². The van der Waals surface area contributed by atoms with Gasteiger partial charge in [-0.3, -0.25) is 0 Å². The fraction of sp³-hybridized carbons (Fsp3) is 0.211. The zero-order chi connectivity index (χ0) is 63.0. The van der Waals surface area contributed by atoms with Gasteiger partial charge in [0.05, 0.1) is 11.0 Å². The number of nitrogens with zero attached hydrogens (tertiary/aromatic N) is 4. The van der Waals surface area contributed by atoms with Crippen molar-refractivity contribution in [1.82, 2.24) is 9.55 Å². The van der Waals surface area contributed by atoms with E-state index in [2.05, 4.69) is 123 Å². The maximum atomic E-state index is 9.88. The second kappa shape index (κ2) is 20.8. The van der Waals surface area contributed by atoms with Crippen LogP contribution in [0, 0.1) is 18.8 Å². The number of hydrogen-bond acceptors (Lipinski definition) is 4. The van der Waals surface area contributed by atoms with E-state index < -0.39 is 0 Å². The summed E-state index contributed by atoms with van der Waals surface area (Å²) in [6.45, 7) is 24.0. The zero-order valence-corrected chi connectivity index (χ0v) is 50.3. The summed E-state index contributed by atoms with van der Waals surface area (Å²) in [7, 11) is 0. The van der Waals surface area contributed by atoms with Crippen molar-refractivity contribution < 1.29 is 36.8 Å². The second-order valence-electron chi connectivity index (χ2n) is 25.0. The van der Waals surface area contributed by atoms with Gasteiger partial charge in [-0.1, -0.05) is 220 Å². The molecule has 412 valence electrons. The Morgan fingerprint density at radius 1 is 0.537 bits per heavy atom. The molecular formula is C76H69N4OPt-3. The molecule has 1 aliphatic heterocycles. The molecule has 0 spiro atoms. The van der Waals surface area contributed by atoms with Crippen LogP contribution in [0.5, 0.6) is 11.5 Å². The molecule has 0 fully saturated rings. The first kappa shape index (κ1) is 45.6. The molecule has 0 saturated carbocycles. The van der Waals surface area contributed by atoms with Crippen molar-refractivity contribution in [1.29, 1.82) is 0 Å². The predicted molar refractivity (Wildman–Crippen MR) is 339 cm³/mol. The van der Waals surface area contributed by atoms with Gasteiger partial charge < -0.3 is 19.1 Å². The van der Waals surface area contributed by atoms with Crippen molar-refractivity contribution in [3.63, 3.8) is 0 Å². The number of ether oxygens (including phenoxy) is 1. The number of rotatable bonds is 9. The molecule has 0 bridgehead atoms. The fourth-order valence-electron chi connectivity index (χ4n) is 11.9. The number of pyridine rings is 1. The number of anilines is 4. The zero-order valence-electron chi connectivity index (χ0n) is 56.0. The van der Waals surface area contributed by atoms with Gasteiger partial charge in [0, 0.05) is 78.0 Å². The van der Waals surface area contributed by atoms with Gasteiger partial charge in [-0.25, -0.2) is 4.98 Å². The van der Waals surface area contributed by atoms with E-state index in [9.17, 15) is 8.22 Å². The number of benzene rings is 9. The van der Waals surface area contributed by atoms with Crippen LogP contribution in [-0.4, -0.2) is 9.55 Å². The Hall–Kier alpha value is -7.98.